The van der Waals surface area contributed by atoms with Gasteiger partial charge in [-0.3, -0.25) is 4.79 Å². The Bertz CT molecular complexity index is 1010. The number of unbranched alkanes of at least 4 members (excludes halogenated alkanes) is 1. The first-order chi connectivity index (χ1) is 13.8. The molecule has 28 heavy (non-hydrogen) atoms. The molecule has 5 nitrogen and oxygen atoms in total. The van der Waals surface area contributed by atoms with E-state index >= 15 is 0 Å². The Morgan fingerprint density at radius 3 is 2.68 bits per heavy atom. The van der Waals surface area contributed by atoms with Gasteiger partial charge in [-0.15, -0.1) is 11.3 Å². The van der Waals surface area contributed by atoms with Crippen LogP contribution in [0.2, 0.25) is 0 Å². The summed E-state index contributed by atoms with van der Waals surface area (Å²) in [7, 11) is 0. The number of thiazole rings is 1. The van der Waals surface area contributed by atoms with Crippen molar-refractivity contribution in [2.75, 3.05) is 0 Å². The molecule has 4 aromatic rings. The second kappa shape index (κ2) is 8.80. The summed E-state index contributed by atoms with van der Waals surface area (Å²) in [6.45, 7) is 0.302. The van der Waals surface area contributed by atoms with E-state index in [1.165, 1.54) is 4.70 Å². The fourth-order valence-corrected chi connectivity index (χ4v) is 3.98. The van der Waals surface area contributed by atoms with E-state index in [1.54, 1.807) is 22.2 Å². The van der Waals surface area contributed by atoms with E-state index < -0.39 is 0 Å². The summed E-state index contributed by atoms with van der Waals surface area (Å²) in [5.41, 5.74) is 3.01. The number of para-hydroxylation sites is 1. The molecule has 2 aromatic heterocycles. The summed E-state index contributed by atoms with van der Waals surface area (Å²) in [6.07, 6.45) is 6.73. The topological polar surface area (TPSA) is 57.0 Å². The number of hydrogen-bond donors (Lipinski definition) is 0. The fourth-order valence-electron chi connectivity index (χ4n) is 2.97. The first-order valence-electron chi connectivity index (χ1n) is 9.37. The number of esters is 1. The van der Waals surface area contributed by atoms with Crippen LogP contribution in [-0.2, 0) is 22.6 Å². The largest absolute Gasteiger partial charge is 0.461 e. The minimum absolute atomic E-state index is 0.152. The van der Waals surface area contributed by atoms with E-state index in [9.17, 15) is 4.79 Å². The van der Waals surface area contributed by atoms with Crippen molar-refractivity contribution in [1.29, 1.82) is 0 Å². The van der Waals surface area contributed by atoms with Gasteiger partial charge in [0.15, 0.2) is 0 Å². The van der Waals surface area contributed by atoms with Crippen LogP contribution in [0.25, 0.3) is 15.9 Å². The zero-order valence-electron chi connectivity index (χ0n) is 15.5. The highest BCUT2D eigenvalue weighted by Crippen LogP contribution is 2.23. The van der Waals surface area contributed by atoms with Gasteiger partial charge >= 0.3 is 5.97 Å². The summed E-state index contributed by atoms with van der Waals surface area (Å²) >= 11 is 1.73. The lowest BCUT2D eigenvalue weighted by molar-refractivity contribution is -0.145. The van der Waals surface area contributed by atoms with Crippen molar-refractivity contribution in [3.05, 3.63) is 77.6 Å². The molecule has 0 saturated carbocycles. The average molecular weight is 391 g/mol. The Labute approximate surface area is 167 Å². The van der Waals surface area contributed by atoms with E-state index in [0.29, 0.717) is 13.0 Å². The third-order valence-corrected chi connectivity index (χ3v) is 5.56. The van der Waals surface area contributed by atoms with Crippen molar-refractivity contribution in [2.45, 2.75) is 32.3 Å². The summed E-state index contributed by atoms with van der Waals surface area (Å²) < 4.78 is 8.40. The molecular weight excluding hydrogens is 370 g/mol. The van der Waals surface area contributed by atoms with Gasteiger partial charge in [-0.1, -0.05) is 24.3 Å². The highest BCUT2D eigenvalue weighted by Gasteiger charge is 2.06. The van der Waals surface area contributed by atoms with Crippen molar-refractivity contribution < 1.29 is 9.53 Å². The molecule has 0 atom stereocenters. The Balaban J connectivity index is 1.17. The Morgan fingerprint density at radius 1 is 1.04 bits per heavy atom. The second-order valence-electron chi connectivity index (χ2n) is 6.56. The number of benzene rings is 2. The standard InChI is InChI=1S/C22H21N3O2S/c26-22(9-4-3-8-21-24-19-6-1-2-7-20(19)28-21)27-16-17-10-12-18(13-11-17)25-15-5-14-23-25/h1-2,5-7,10-15H,3-4,8-9,16H2. The molecule has 4 rings (SSSR count). The average Bonchev–Trinajstić information content (AvgIpc) is 3.39. The monoisotopic (exact) mass is 391 g/mol. The van der Waals surface area contributed by atoms with E-state index in [2.05, 4.69) is 16.1 Å². The molecular formula is C22H21N3O2S. The molecule has 0 N–H and O–H groups in total. The fraction of sp³-hybridized carbons (Fsp3) is 0.227. The molecule has 2 aromatic carbocycles. The molecule has 0 aliphatic rings. The first-order valence-corrected chi connectivity index (χ1v) is 10.2. The van der Waals surface area contributed by atoms with Crippen LogP contribution in [0.5, 0.6) is 0 Å². The zero-order chi connectivity index (χ0) is 19.2. The van der Waals surface area contributed by atoms with Crippen LogP contribution in [-0.4, -0.2) is 20.7 Å². The third kappa shape index (κ3) is 4.64. The van der Waals surface area contributed by atoms with Crippen molar-refractivity contribution in [1.82, 2.24) is 14.8 Å². The lowest BCUT2D eigenvalue weighted by Gasteiger charge is -2.06. The van der Waals surface area contributed by atoms with Gasteiger partial charge in [-0.25, -0.2) is 9.67 Å². The molecule has 0 radical (unpaired) electrons. The first kappa shape index (κ1) is 18.4. The Morgan fingerprint density at radius 2 is 1.89 bits per heavy atom. The van der Waals surface area contributed by atoms with Gasteiger partial charge in [0.05, 0.1) is 20.9 Å². The van der Waals surface area contributed by atoms with Crippen LogP contribution in [0.1, 0.15) is 29.8 Å². The molecule has 0 spiro atoms. The molecule has 142 valence electrons. The van der Waals surface area contributed by atoms with E-state index in [0.717, 1.165) is 41.0 Å². The number of hydrogen-bond acceptors (Lipinski definition) is 5. The molecule has 0 bridgehead atoms. The number of carbonyl (C=O) groups is 1. The number of fused-ring (bicyclic) bond motifs is 1. The smallest absolute Gasteiger partial charge is 0.306 e. The van der Waals surface area contributed by atoms with Gasteiger partial charge in [-0.05, 0) is 55.2 Å². The molecule has 0 amide bonds. The SMILES string of the molecule is O=C(CCCCc1nc2ccccc2s1)OCc1ccc(-n2cccn2)cc1. The Kier molecular flexibility index (Phi) is 5.77. The van der Waals surface area contributed by atoms with Gasteiger partial charge in [0, 0.05) is 18.8 Å². The van der Waals surface area contributed by atoms with Gasteiger partial charge in [0.25, 0.3) is 0 Å². The van der Waals surface area contributed by atoms with Crippen LogP contribution in [0.3, 0.4) is 0 Å². The molecule has 0 aliphatic carbocycles. The molecule has 2 heterocycles. The number of aromatic nitrogens is 3. The number of nitrogens with zero attached hydrogens (tertiary/aromatic N) is 3. The lowest BCUT2D eigenvalue weighted by Crippen LogP contribution is -2.05. The van der Waals surface area contributed by atoms with Crippen LogP contribution >= 0.6 is 11.3 Å². The predicted molar refractivity (Wildman–Crippen MR) is 111 cm³/mol. The zero-order valence-corrected chi connectivity index (χ0v) is 16.3. The highest BCUT2D eigenvalue weighted by atomic mass is 32.1. The molecule has 6 heteroatoms. The lowest BCUT2D eigenvalue weighted by atomic mass is 10.2. The maximum atomic E-state index is 12.0. The van der Waals surface area contributed by atoms with E-state index in [4.69, 9.17) is 4.74 Å². The number of ether oxygens (including phenoxy) is 1. The second-order valence-corrected chi connectivity index (χ2v) is 7.68. The number of carbonyl (C=O) groups excluding carboxylic acids is 1. The maximum absolute atomic E-state index is 12.0. The predicted octanol–water partition coefficient (Wildman–Crippen LogP) is 4.94. The Hall–Kier alpha value is -2.99. The molecule has 0 aliphatic heterocycles. The van der Waals surface area contributed by atoms with Crippen molar-refractivity contribution >= 4 is 27.5 Å². The highest BCUT2D eigenvalue weighted by molar-refractivity contribution is 7.18. The summed E-state index contributed by atoms with van der Waals surface area (Å²) in [5, 5.41) is 5.33. The van der Waals surface area contributed by atoms with Crippen LogP contribution < -0.4 is 0 Å². The summed E-state index contributed by atoms with van der Waals surface area (Å²) in [5.74, 6) is -0.152. The minimum Gasteiger partial charge on any atom is -0.461 e. The summed E-state index contributed by atoms with van der Waals surface area (Å²) in [6, 6.07) is 17.9. The summed E-state index contributed by atoms with van der Waals surface area (Å²) in [4.78, 5) is 16.6. The quantitative estimate of drug-likeness (QED) is 0.315. The third-order valence-electron chi connectivity index (χ3n) is 4.46. The van der Waals surface area contributed by atoms with Gasteiger partial charge < -0.3 is 4.74 Å². The van der Waals surface area contributed by atoms with Crippen molar-refractivity contribution in [2.24, 2.45) is 0 Å². The number of rotatable bonds is 8. The van der Waals surface area contributed by atoms with Crippen LogP contribution in [0.15, 0.2) is 67.0 Å². The normalized spacial score (nSPS) is 11.0. The molecule has 0 saturated heterocycles. The van der Waals surface area contributed by atoms with E-state index in [-0.39, 0.29) is 5.97 Å². The maximum Gasteiger partial charge on any atom is 0.306 e. The van der Waals surface area contributed by atoms with Crippen molar-refractivity contribution in [3.8, 4) is 5.69 Å². The molecule has 0 fully saturated rings. The minimum atomic E-state index is -0.152. The van der Waals surface area contributed by atoms with Gasteiger partial charge in [0.2, 0.25) is 0 Å². The van der Waals surface area contributed by atoms with Crippen LogP contribution in [0.4, 0.5) is 0 Å². The number of aryl methyl sites for hydroxylation is 1. The van der Waals surface area contributed by atoms with E-state index in [1.807, 2.05) is 54.7 Å². The van der Waals surface area contributed by atoms with Gasteiger partial charge in [-0.2, -0.15) is 5.10 Å². The van der Waals surface area contributed by atoms with Crippen LogP contribution in [0, 0.1) is 0 Å². The van der Waals surface area contributed by atoms with Crippen molar-refractivity contribution in [3.63, 3.8) is 0 Å². The molecule has 0 unspecified atom stereocenters. The van der Waals surface area contributed by atoms with Gasteiger partial charge in [0.1, 0.15) is 6.61 Å².